The van der Waals surface area contributed by atoms with Gasteiger partial charge in [-0.05, 0) is 48.5 Å². The number of anilines is 1. The summed E-state index contributed by atoms with van der Waals surface area (Å²) in [4.78, 5) is 25.1. The van der Waals surface area contributed by atoms with Crippen molar-refractivity contribution in [3.63, 3.8) is 0 Å². The van der Waals surface area contributed by atoms with E-state index in [0.29, 0.717) is 17.0 Å². The number of furan rings is 1. The van der Waals surface area contributed by atoms with Gasteiger partial charge in [-0.25, -0.2) is 8.42 Å². The number of hydrogen-bond donors (Lipinski definition) is 2. The van der Waals surface area contributed by atoms with E-state index in [0.717, 1.165) is 6.26 Å². The second kappa shape index (κ2) is 8.10. The third kappa shape index (κ3) is 4.66. The van der Waals surface area contributed by atoms with Crippen LogP contribution in [0.2, 0.25) is 0 Å². The minimum Gasteiger partial charge on any atom is -0.467 e. The van der Waals surface area contributed by atoms with Gasteiger partial charge in [-0.1, -0.05) is 12.1 Å². The van der Waals surface area contributed by atoms with Crippen LogP contribution < -0.4 is 10.6 Å². The van der Waals surface area contributed by atoms with E-state index in [1.165, 1.54) is 30.5 Å². The molecule has 2 N–H and O–H groups in total. The van der Waals surface area contributed by atoms with Crippen LogP contribution in [0.15, 0.2) is 76.2 Å². The van der Waals surface area contributed by atoms with Gasteiger partial charge in [0.25, 0.3) is 11.8 Å². The highest BCUT2D eigenvalue weighted by Gasteiger charge is 2.15. The number of hydrogen-bond acceptors (Lipinski definition) is 5. The van der Waals surface area contributed by atoms with Gasteiger partial charge in [-0.2, -0.15) is 0 Å². The molecule has 0 saturated carbocycles. The standard InChI is InChI=1S/C20H18N2O5S/c1-28(25,26)16-10-8-14(9-11-16)19(23)22-18-7-3-2-6-17(18)20(24)21-13-15-5-4-12-27-15/h2-12H,13H2,1H3,(H,21,24)(H,22,23). The van der Waals surface area contributed by atoms with Gasteiger partial charge in [0.05, 0.1) is 29.0 Å². The molecule has 3 aromatic rings. The second-order valence-electron chi connectivity index (χ2n) is 6.06. The van der Waals surface area contributed by atoms with Crippen molar-refractivity contribution in [1.82, 2.24) is 5.32 Å². The smallest absolute Gasteiger partial charge is 0.255 e. The van der Waals surface area contributed by atoms with E-state index < -0.39 is 15.7 Å². The van der Waals surface area contributed by atoms with E-state index in [2.05, 4.69) is 10.6 Å². The quantitative estimate of drug-likeness (QED) is 0.664. The molecule has 0 bridgehead atoms. The van der Waals surface area contributed by atoms with Gasteiger partial charge in [0.2, 0.25) is 0 Å². The molecular weight excluding hydrogens is 380 g/mol. The van der Waals surface area contributed by atoms with Crippen LogP contribution in [0.4, 0.5) is 5.69 Å². The lowest BCUT2D eigenvalue weighted by Crippen LogP contribution is -2.24. The summed E-state index contributed by atoms with van der Waals surface area (Å²) in [5, 5.41) is 5.41. The molecule has 0 fully saturated rings. The number of rotatable bonds is 6. The normalized spacial score (nSPS) is 11.0. The van der Waals surface area contributed by atoms with Crippen LogP contribution in [0.1, 0.15) is 26.5 Å². The average Bonchev–Trinajstić information content (AvgIpc) is 3.19. The van der Waals surface area contributed by atoms with Crippen molar-refractivity contribution in [1.29, 1.82) is 0 Å². The Kier molecular flexibility index (Phi) is 5.60. The molecule has 0 radical (unpaired) electrons. The summed E-state index contributed by atoms with van der Waals surface area (Å²) in [6.45, 7) is 0.223. The van der Waals surface area contributed by atoms with Gasteiger partial charge in [0.15, 0.2) is 9.84 Å². The Balaban J connectivity index is 1.73. The van der Waals surface area contributed by atoms with Gasteiger partial charge in [0, 0.05) is 11.8 Å². The number of amides is 2. The summed E-state index contributed by atoms with van der Waals surface area (Å²) in [7, 11) is -3.34. The molecule has 1 aromatic heterocycles. The van der Waals surface area contributed by atoms with Crippen LogP contribution in [-0.2, 0) is 16.4 Å². The van der Waals surface area contributed by atoms with Gasteiger partial charge in [-0.15, -0.1) is 0 Å². The third-order valence-corrected chi connectivity index (χ3v) is 5.10. The van der Waals surface area contributed by atoms with E-state index in [4.69, 9.17) is 4.42 Å². The fraction of sp³-hybridized carbons (Fsp3) is 0.100. The first-order valence-electron chi connectivity index (χ1n) is 8.35. The number of sulfone groups is 1. The van der Waals surface area contributed by atoms with Crippen LogP contribution in [0.25, 0.3) is 0 Å². The summed E-state index contributed by atoms with van der Waals surface area (Å²) >= 11 is 0. The van der Waals surface area contributed by atoms with Crippen LogP contribution in [0.5, 0.6) is 0 Å². The lowest BCUT2D eigenvalue weighted by Gasteiger charge is -2.11. The van der Waals surface area contributed by atoms with Gasteiger partial charge in [0.1, 0.15) is 5.76 Å². The number of carbonyl (C=O) groups excluding carboxylic acids is 2. The second-order valence-corrected chi connectivity index (χ2v) is 8.07. The van der Waals surface area contributed by atoms with E-state index in [1.54, 1.807) is 36.4 Å². The number of para-hydroxylation sites is 1. The zero-order valence-corrected chi connectivity index (χ0v) is 15.8. The van der Waals surface area contributed by atoms with E-state index >= 15 is 0 Å². The van der Waals surface area contributed by atoms with E-state index in [1.807, 2.05) is 0 Å². The van der Waals surface area contributed by atoms with E-state index in [9.17, 15) is 18.0 Å². The molecule has 0 atom stereocenters. The van der Waals surface area contributed by atoms with Crippen molar-refractivity contribution >= 4 is 27.3 Å². The minimum absolute atomic E-state index is 0.127. The monoisotopic (exact) mass is 398 g/mol. The van der Waals surface area contributed by atoms with Crippen molar-refractivity contribution in [2.24, 2.45) is 0 Å². The zero-order chi connectivity index (χ0) is 20.1. The molecule has 2 amide bonds. The average molecular weight is 398 g/mol. The largest absolute Gasteiger partial charge is 0.467 e. The summed E-state index contributed by atoms with van der Waals surface area (Å²) in [6.07, 6.45) is 2.62. The molecular formula is C20H18N2O5S. The van der Waals surface area contributed by atoms with Crippen LogP contribution >= 0.6 is 0 Å². The molecule has 144 valence electrons. The maximum absolute atomic E-state index is 12.5. The Morgan fingerprint density at radius 3 is 2.29 bits per heavy atom. The Hall–Kier alpha value is -3.39. The first-order chi connectivity index (χ1) is 13.3. The maximum Gasteiger partial charge on any atom is 0.255 e. The van der Waals surface area contributed by atoms with Crippen LogP contribution in [-0.4, -0.2) is 26.5 Å². The molecule has 28 heavy (non-hydrogen) atoms. The maximum atomic E-state index is 12.5. The number of nitrogens with one attached hydrogen (secondary N) is 2. The molecule has 3 rings (SSSR count). The highest BCUT2D eigenvalue weighted by atomic mass is 32.2. The fourth-order valence-corrected chi connectivity index (χ4v) is 3.14. The van der Waals surface area contributed by atoms with Gasteiger partial charge < -0.3 is 15.1 Å². The fourth-order valence-electron chi connectivity index (χ4n) is 2.51. The predicted octanol–water partition coefficient (Wildman–Crippen LogP) is 2.87. The molecule has 0 aliphatic rings. The van der Waals surface area contributed by atoms with Crippen molar-refractivity contribution in [3.05, 3.63) is 83.8 Å². The van der Waals surface area contributed by atoms with Crippen molar-refractivity contribution < 1.29 is 22.4 Å². The van der Waals surface area contributed by atoms with Crippen molar-refractivity contribution in [2.75, 3.05) is 11.6 Å². The van der Waals surface area contributed by atoms with Crippen LogP contribution in [0, 0.1) is 0 Å². The van der Waals surface area contributed by atoms with Gasteiger partial charge in [-0.3, -0.25) is 9.59 Å². The minimum atomic E-state index is -3.34. The highest BCUT2D eigenvalue weighted by molar-refractivity contribution is 7.90. The topological polar surface area (TPSA) is 105 Å². The Bertz CT molecular complexity index is 1090. The molecule has 1 heterocycles. The third-order valence-electron chi connectivity index (χ3n) is 3.97. The molecule has 0 aliphatic heterocycles. The Morgan fingerprint density at radius 2 is 1.64 bits per heavy atom. The summed E-state index contributed by atoms with van der Waals surface area (Å²) < 4.78 is 28.2. The molecule has 0 aliphatic carbocycles. The zero-order valence-electron chi connectivity index (χ0n) is 15.0. The summed E-state index contributed by atoms with van der Waals surface area (Å²) in [6, 6.07) is 15.7. The van der Waals surface area contributed by atoms with Crippen molar-refractivity contribution in [2.45, 2.75) is 11.4 Å². The summed E-state index contributed by atoms with van der Waals surface area (Å²) in [5.41, 5.74) is 0.921. The summed E-state index contributed by atoms with van der Waals surface area (Å²) in [5.74, 6) is -0.202. The first kappa shape index (κ1) is 19.4. The molecule has 8 heteroatoms. The predicted molar refractivity (Wildman–Crippen MR) is 104 cm³/mol. The molecule has 0 spiro atoms. The number of benzene rings is 2. The lowest BCUT2D eigenvalue weighted by atomic mass is 10.1. The molecule has 7 nitrogen and oxygen atoms in total. The van der Waals surface area contributed by atoms with Crippen LogP contribution in [0.3, 0.4) is 0 Å². The SMILES string of the molecule is CS(=O)(=O)c1ccc(C(=O)Nc2ccccc2C(=O)NCc2ccco2)cc1. The highest BCUT2D eigenvalue weighted by Crippen LogP contribution is 2.17. The Morgan fingerprint density at radius 1 is 0.929 bits per heavy atom. The lowest BCUT2D eigenvalue weighted by molar-refractivity contribution is 0.0949. The van der Waals surface area contributed by atoms with Crippen molar-refractivity contribution in [3.8, 4) is 0 Å². The van der Waals surface area contributed by atoms with E-state index in [-0.39, 0.29) is 22.9 Å². The first-order valence-corrected chi connectivity index (χ1v) is 10.2. The van der Waals surface area contributed by atoms with Gasteiger partial charge >= 0.3 is 0 Å². The molecule has 2 aromatic carbocycles. The molecule has 0 saturated heterocycles. The molecule has 0 unspecified atom stereocenters. The number of carbonyl (C=O) groups is 2. The Labute approximate surface area is 162 Å².